The summed E-state index contributed by atoms with van der Waals surface area (Å²) < 4.78 is 11.2. The summed E-state index contributed by atoms with van der Waals surface area (Å²) >= 11 is 6.07. The number of hydrogen-bond acceptors (Lipinski definition) is 5. The fourth-order valence-corrected chi connectivity index (χ4v) is 3.50. The van der Waals surface area contributed by atoms with Gasteiger partial charge in [0.2, 0.25) is 0 Å². The molecule has 2 rings (SSSR count). The number of ether oxygens (including phenoxy) is 2. The summed E-state index contributed by atoms with van der Waals surface area (Å²) in [6.07, 6.45) is 2.60. The van der Waals surface area contributed by atoms with Crippen molar-refractivity contribution in [2.75, 3.05) is 26.3 Å². The molecule has 152 valence electrons. The van der Waals surface area contributed by atoms with Crippen LogP contribution < -0.4 is 11.1 Å². The number of nitrogens with zero attached hydrogens (tertiary/aromatic N) is 1. The third-order valence-electron chi connectivity index (χ3n) is 4.86. The second-order valence-electron chi connectivity index (χ2n) is 8.01. The Morgan fingerprint density at radius 2 is 2.22 bits per heavy atom. The minimum absolute atomic E-state index is 0.230. The van der Waals surface area contributed by atoms with Gasteiger partial charge in [0.15, 0.2) is 0 Å². The van der Waals surface area contributed by atoms with Crippen LogP contribution >= 0.6 is 11.6 Å². The minimum atomic E-state index is -0.541. The average molecular weight is 398 g/mol. The molecular weight excluding hydrogens is 366 g/mol. The summed E-state index contributed by atoms with van der Waals surface area (Å²) in [6, 6.07) is 0.00435. The molecule has 1 fully saturated rings. The Kier molecular flexibility index (Phi) is 7.37. The van der Waals surface area contributed by atoms with Crippen molar-refractivity contribution in [2.45, 2.75) is 58.2 Å². The van der Waals surface area contributed by atoms with Gasteiger partial charge in [0.05, 0.1) is 19.3 Å². The smallest absolute Gasteiger partial charge is 0.410 e. The molecule has 0 radical (unpaired) electrons. The normalized spacial score (nSPS) is 24.3. The molecule has 2 aliphatic rings. The summed E-state index contributed by atoms with van der Waals surface area (Å²) in [7, 11) is 0. The summed E-state index contributed by atoms with van der Waals surface area (Å²) in [5.74, 6) is 0. The van der Waals surface area contributed by atoms with Gasteiger partial charge < -0.3 is 20.5 Å². The summed E-state index contributed by atoms with van der Waals surface area (Å²) in [4.78, 5) is 14.4. The van der Waals surface area contributed by atoms with E-state index in [0.29, 0.717) is 31.2 Å². The first-order chi connectivity index (χ1) is 12.6. The molecule has 0 unspecified atom stereocenters. The lowest BCUT2D eigenvalue weighted by atomic mass is 9.92. The number of halogens is 1. The largest absolute Gasteiger partial charge is 0.444 e. The van der Waals surface area contributed by atoms with E-state index in [1.54, 1.807) is 4.90 Å². The van der Waals surface area contributed by atoms with Gasteiger partial charge in [0.1, 0.15) is 5.60 Å². The first-order valence-electron chi connectivity index (χ1n) is 9.42. The van der Waals surface area contributed by atoms with Gasteiger partial charge in [0.25, 0.3) is 0 Å². The average Bonchev–Trinajstić information content (AvgIpc) is 2.98. The van der Waals surface area contributed by atoms with Crippen LogP contribution in [0.4, 0.5) is 4.79 Å². The van der Waals surface area contributed by atoms with Crippen molar-refractivity contribution >= 4 is 17.7 Å². The molecule has 1 saturated heterocycles. The fraction of sp³-hybridized carbons (Fsp3) is 0.650. The van der Waals surface area contributed by atoms with E-state index in [2.05, 4.69) is 18.8 Å². The van der Waals surface area contributed by atoms with Crippen molar-refractivity contribution < 1.29 is 14.3 Å². The third kappa shape index (κ3) is 5.74. The lowest BCUT2D eigenvalue weighted by Gasteiger charge is -2.38. The van der Waals surface area contributed by atoms with Crippen LogP contribution in [0.15, 0.2) is 34.5 Å². The third-order valence-corrected chi connectivity index (χ3v) is 5.17. The van der Waals surface area contributed by atoms with E-state index in [0.717, 1.165) is 24.1 Å². The van der Waals surface area contributed by atoms with E-state index in [1.165, 1.54) is 11.8 Å². The number of rotatable bonds is 5. The molecule has 2 aliphatic heterocycles. The Balaban J connectivity index is 2.21. The molecule has 0 aromatic carbocycles. The molecule has 6 nitrogen and oxygen atoms in total. The quantitative estimate of drug-likeness (QED) is 0.744. The maximum atomic E-state index is 12.7. The first kappa shape index (κ1) is 21.8. The van der Waals surface area contributed by atoms with Crippen LogP contribution in [0.2, 0.25) is 0 Å². The molecule has 0 aromatic rings. The zero-order valence-electron chi connectivity index (χ0n) is 16.8. The summed E-state index contributed by atoms with van der Waals surface area (Å²) in [5, 5.41) is 4.10. The molecule has 7 heteroatoms. The van der Waals surface area contributed by atoms with Crippen molar-refractivity contribution in [2.24, 2.45) is 5.73 Å². The number of amides is 1. The van der Waals surface area contributed by atoms with E-state index in [4.69, 9.17) is 26.8 Å². The Bertz CT molecular complexity index is 637. The molecule has 0 aliphatic carbocycles. The molecule has 0 spiro atoms. The van der Waals surface area contributed by atoms with Gasteiger partial charge in [-0.1, -0.05) is 18.2 Å². The van der Waals surface area contributed by atoms with E-state index < -0.39 is 5.60 Å². The maximum absolute atomic E-state index is 12.7. The van der Waals surface area contributed by atoms with Crippen LogP contribution in [0.25, 0.3) is 0 Å². The summed E-state index contributed by atoms with van der Waals surface area (Å²) in [6.45, 7) is 14.2. The first-order valence-corrected chi connectivity index (χ1v) is 9.80. The predicted octanol–water partition coefficient (Wildman–Crippen LogP) is 3.29. The molecule has 3 N–H and O–H groups in total. The second kappa shape index (κ2) is 9.13. The number of nitrogens with one attached hydrogen (secondary N) is 1. The molecule has 0 saturated carbocycles. The fourth-order valence-electron chi connectivity index (χ4n) is 3.41. The Hall–Kier alpha value is -1.50. The van der Waals surface area contributed by atoms with E-state index in [1.807, 2.05) is 20.8 Å². The summed E-state index contributed by atoms with van der Waals surface area (Å²) in [5.41, 5.74) is 8.25. The van der Waals surface area contributed by atoms with Crippen molar-refractivity contribution in [3.8, 4) is 0 Å². The second-order valence-corrected chi connectivity index (χ2v) is 8.50. The molecule has 27 heavy (non-hydrogen) atoms. The minimum Gasteiger partial charge on any atom is -0.444 e. The van der Waals surface area contributed by atoms with Crippen LogP contribution in [-0.4, -0.2) is 55.0 Å². The van der Waals surface area contributed by atoms with Crippen LogP contribution in [0, 0.1) is 0 Å². The predicted molar refractivity (Wildman–Crippen MR) is 109 cm³/mol. The monoisotopic (exact) mass is 397 g/mol. The molecule has 2 heterocycles. The number of allylic oxidation sites excluding steroid dienone is 1. The van der Waals surface area contributed by atoms with Gasteiger partial charge in [-0.3, -0.25) is 4.90 Å². The van der Waals surface area contributed by atoms with Gasteiger partial charge in [-0.25, -0.2) is 4.79 Å². The molecular formula is C20H32ClN3O3. The van der Waals surface area contributed by atoms with Crippen LogP contribution in [0.1, 0.15) is 40.5 Å². The van der Waals surface area contributed by atoms with Crippen LogP contribution in [0.5, 0.6) is 0 Å². The van der Waals surface area contributed by atoms with Crippen LogP contribution in [-0.2, 0) is 9.47 Å². The highest BCUT2D eigenvalue weighted by molar-refractivity contribution is 6.29. The van der Waals surface area contributed by atoms with E-state index in [-0.39, 0.29) is 18.2 Å². The van der Waals surface area contributed by atoms with Crippen molar-refractivity contribution in [1.29, 1.82) is 0 Å². The van der Waals surface area contributed by atoms with Crippen LogP contribution in [0.3, 0.4) is 0 Å². The zero-order chi connectivity index (χ0) is 20.2. The van der Waals surface area contributed by atoms with Crippen molar-refractivity contribution in [1.82, 2.24) is 10.2 Å². The Morgan fingerprint density at radius 1 is 1.52 bits per heavy atom. The highest BCUT2D eigenvalue weighted by atomic mass is 35.5. The highest BCUT2D eigenvalue weighted by Gasteiger charge is 2.35. The number of nitrogens with two attached hydrogens (primary N) is 1. The molecule has 1 amide bonds. The van der Waals surface area contributed by atoms with Gasteiger partial charge >= 0.3 is 6.09 Å². The number of carbonyl (C=O) groups excluding carboxylic acids is 1. The lowest BCUT2D eigenvalue weighted by Crippen LogP contribution is -2.51. The van der Waals surface area contributed by atoms with Gasteiger partial charge in [-0.05, 0) is 57.3 Å². The number of morpholine rings is 1. The van der Waals surface area contributed by atoms with Gasteiger partial charge in [-0.15, -0.1) is 0 Å². The zero-order valence-corrected chi connectivity index (χ0v) is 17.6. The Labute approximate surface area is 167 Å². The van der Waals surface area contributed by atoms with E-state index >= 15 is 0 Å². The maximum Gasteiger partial charge on any atom is 0.410 e. The molecule has 2 atom stereocenters. The number of carbonyl (C=O) groups is 1. The standard InChI is InChI=1S/C20H32ClN3O3/c1-13(17-11-23-14(2)16(17)7-6-15(21)10-22)18-12-26-9-8-24(18)19(25)27-20(3,4)5/h10,14,18,23H,1,6-9,11-12,22H2,2-5H3/b15-10+/t14-,18-/m0/s1. The highest BCUT2D eigenvalue weighted by Crippen LogP contribution is 2.31. The topological polar surface area (TPSA) is 76.8 Å². The lowest BCUT2D eigenvalue weighted by molar-refractivity contribution is -0.0236. The van der Waals surface area contributed by atoms with E-state index in [9.17, 15) is 4.79 Å². The molecule has 0 bridgehead atoms. The van der Waals surface area contributed by atoms with Gasteiger partial charge in [-0.2, -0.15) is 0 Å². The molecule has 0 aromatic heterocycles. The van der Waals surface area contributed by atoms with Crippen molar-refractivity contribution in [3.05, 3.63) is 34.5 Å². The SMILES string of the molecule is C=C(C1=C(CC/C(Cl)=C\N)[C@H](C)NC1)[C@@H]1COCCN1C(=O)OC(C)(C)C. The van der Waals surface area contributed by atoms with Gasteiger partial charge in [0, 0.05) is 30.4 Å². The Morgan fingerprint density at radius 3 is 2.85 bits per heavy atom. The van der Waals surface area contributed by atoms with Crippen molar-refractivity contribution in [3.63, 3.8) is 0 Å². The number of hydrogen-bond donors (Lipinski definition) is 2.